The molecule has 1 aliphatic heterocycles. The van der Waals surface area contributed by atoms with E-state index < -0.39 is 0 Å². The van der Waals surface area contributed by atoms with E-state index in [2.05, 4.69) is 25.5 Å². The van der Waals surface area contributed by atoms with E-state index >= 15 is 0 Å². The second kappa shape index (κ2) is 12.3. The number of halogens is 3. The molecule has 1 aliphatic rings. The van der Waals surface area contributed by atoms with Gasteiger partial charge >= 0.3 is 0 Å². The van der Waals surface area contributed by atoms with Crippen LogP contribution in [-0.2, 0) is 11.2 Å². The van der Waals surface area contributed by atoms with E-state index in [0.717, 1.165) is 41.5 Å². The third kappa shape index (κ3) is 6.64. The average molecular weight is 569 g/mol. The molecular weight excluding hydrogens is 539 g/mol. The Balaban J connectivity index is 0.00000306. The minimum Gasteiger partial charge on any atom is -0.379 e. The summed E-state index contributed by atoms with van der Waals surface area (Å²) in [6, 6.07) is 11.6. The van der Waals surface area contributed by atoms with Gasteiger partial charge in [0.05, 0.1) is 19.3 Å². The van der Waals surface area contributed by atoms with E-state index in [4.69, 9.17) is 4.74 Å². The van der Waals surface area contributed by atoms with E-state index in [0.29, 0.717) is 32.3 Å². The number of aromatic amines is 1. The molecule has 6 nitrogen and oxygen atoms in total. The van der Waals surface area contributed by atoms with Crippen molar-refractivity contribution in [3.63, 3.8) is 0 Å². The predicted octanol–water partition coefficient (Wildman–Crippen LogP) is 3.85. The molecule has 0 spiro atoms. The summed E-state index contributed by atoms with van der Waals surface area (Å²) in [7, 11) is 1.74. The van der Waals surface area contributed by atoms with Crippen LogP contribution < -0.4 is 10.6 Å². The lowest BCUT2D eigenvalue weighted by Gasteiger charge is -2.35. The average Bonchev–Trinajstić information content (AvgIpc) is 3.21. The molecule has 0 aliphatic carbocycles. The number of fused-ring (bicyclic) bond motifs is 1. The van der Waals surface area contributed by atoms with Crippen LogP contribution in [0.5, 0.6) is 0 Å². The fraction of sp³-hybridized carbons (Fsp3) is 0.375. The Bertz CT molecular complexity index is 1050. The van der Waals surface area contributed by atoms with Crippen molar-refractivity contribution < 1.29 is 13.5 Å². The van der Waals surface area contributed by atoms with Gasteiger partial charge in [0.1, 0.15) is 11.6 Å². The minimum absolute atomic E-state index is 0. The van der Waals surface area contributed by atoms with Gasteiger partial charge in [-0.05, 0) is 47.9 Å². The topological polar surface area (TPSA) is 64.7 Å². The molecule has 33 heavy (non-hydrogen) atoms. The zero-order chi connectivity index (χ0) is 22.3. The molecule has 2 aromatic carbocycles. The number of H-pyrrole nitrogens is 1. The molecule has 3 aromatic rings. The Kier molecular flexibility index (Phi) is 9.45. The highest BCUT2D eigenvalue weighted by Gasteiger charge is 2.23. The number of hydrogen-bond acceptors (Lipinski definition) is 3. The molecule has 0 saturated carbocycles. The molecule has 3 N–H and O–H groups in total. The third-order valence-corrected chi connectivity index (χ3v) is 5.84. The quantitative estimate of drug-likeness (QED) is 0.230. The molecule has 178 valence electrons. The molecule has 1 saturated heterocycles. The summed E-state index contributed by atoms with van der Waals surface area (Å²) in [6.45, 7) is 4.37. The number of ether oxygens (including phenoxy) is 1. The number of aromatic nitrogens is 1. The molecule has 2 heterocycles. The number of morpholine rings is 1. The first-order valence-electron chi connectivity index (χ1n) is 10.9. The maximum Gasteiger partial charge on any atom is 0.191 e. The standard InChI is InChI=1S/C24H29F2N5O.HI/c1-27-24(28-9-8-18-15-29-22-14-20(26)6-7-21(18)22)30-16-23(31-10-12-32-13-11-31)17-2-4-19(25)5-3-17;/h2-7,14-15,23,29H,8-13,16H2,1H3,(H2,27,28,30);1H. The van der Waals surface area contributed by atoms with Crippen molar-refractivity contribution in [2.45, 2.75) is 12.5 Å². The van der Waals surface area contributed by atoms with Gasteiger partial charge in [-0.3, -0.25) is 9.89 Å². The summed E-state index contributed by atoms with van der Waals surface area (Å²) < 4.78 is 32.3. The van der Waals surface area contributed by atoms with E-state index in [1.165, 1.54) is 24.3 Å². The van der Waals surface area contributed by atoms with Gasteiger partial charge in [-0.15, -0.1) is 24.0 Å². The lowest BCUT2D eigenvalue weighted by molar-refractivity contribution is 0.0170. The second-order valence-electron chi connectivity index (χ2n) is 7.85. The predicted molar refractivity (Wildman–Crippen MR) is 138 cm³/mol. The van der Waals surface area contributed by atoms with Gasteiger partial charge in [-0.1, -0.05) is 12.1 Å². The molecule has 0 bridgehead atoms. The molecule has 0 amide bonds. The van der Waals surface area contributed by atoms with Crippen molar-refractivity contribution in [2.75, 3.05) is 46.4 Å². The van der Waals surface area contributed by atoms with Gasteiger partial charge in [0.15, 0.2) is 5.96 Å². The first kappa shape index (κ1) is 25.4. The van der Waals surface area contributed by atoms with E-state index in [-0.39, 0.29) is 41.7 Å². The smallest absolute Gasteiger partial charge is 0.191 e. The van der Waals surface area contributed by atoms with Crippen molar-refractivity contribution in [1.29, 1.82) is 0 Å². The molecule has 1 unspecified atom stereocenters. The van der Waals surface area contributed by atoms with Gasteiger partial charge in [-0.2, -0.15) is 0 Å². The number of guanidine groups is 1. The van der Waals surface area contributed by atoms with Crippen molar-refractivity contribution in [2.24, 2.45) is 4.99 Å². The highest BCUT2D eigenvalue weighted by molar-refractivity contribution is 14.0. The van der Waals surface area contributed by atoms with Crippen LogP contribution >= 0.6 is 24.0 Å². The summed E-state index contributed by atoms with van der Waals surface area (Å²) >= 11 is 0. The molecule has 9 heteroatoms. The molecule has 4 rings (SSSR count). The summed E-state index contributed by atoms with van der Waals surface area (Å²) in [5.74, 6) is 0.223. The molecule has 1 fully saturated rings. The summed E-state index contributed by atoms with van der Waals surface area (Å²) in [5.41, 5.74) is 2.98. The van der Waals surface area contributed by atoms with Crippen molar-refractivity contribution in [1.82, 2.24) is 20.5 Å². The van der Waals surface area contributed by atoms with Gasteiger partial charge in [0.25, 0.3) is 0 Å². The number of nitrogens with zero attached hydrogens (tertiary/aromatic N) is 2. The fourth-order valence-electron chi connectivity index (χ4n) is 4.13. The second-order valence-corrected chi connectivity index (χ2v) is 7.85. The van der Waals surface area contributed by atoms with Crippen LogP contribution in [0.4, 0.5) is 8.78 Å². The Morgan fingerprint density at radius 2 is 1.82 bits per heavy atom. The van der Waals surface area contributed by atoms with Gasteiger partial charge in [-0.25, -0.2) is 8.78 Å². The largest absolute Gasteiger partial charge is 0.379 e. The maximum absolute atomic E-state index is 13.4. The van der Waals surface area contributed by atoms with Crippen LogP contribution in [0.1, 0.15) is 17.2 Å². The van der Waals surface area contributed by atoms with Crippen LogP contribution in [0.25, 0.3) is 10.9 Å². The van der Waals surface area contributed by atoms with Crippen LogP contribution in [0.3, 0.4) is 0 Å². The number of hydrogen-bond donors (Lipinski definition) is 3. The molecular formula is C24H30F2IN5O. The third-order valence-electron chi connectivity index (χ3n) is 5.84. The monoisotopic (exact) mass is 569 g/mol. The number of rotatable bonds is 7. The Morgan fingerprint density at radius 1 is 1.09 bits per heavy atom. The molecule has 0 radical (unpaired) electrons. The van der Waals surface area contributed by atoms with Crippen LogP contribution in [0.2, 0.25) is 0 Å². The van der Waals surface area contributed by atoms with Gasteiger partial charge < -0.3 is 20.4 Å². The number of benzene rings is 2. The SMILES string of the molecule is CN=C(NCCc1c[nH]c2cc(F)ccc12)NCC(c1ccc(F)cc1)N1CCOCC1.I. The van der Waals surface area contributed by atoms with Crippen LogP contribution in [-0.4, -0.2) is 62.3 Å². The highest BCUT2D eigenvalue weighted by Crippen LogP contribution is 2.22. The number of aliphatic imine (C=N–C) groups is 1. The van der Waals surface area contributed by atoms with E-state index in [1.807, 2.05) is 18.3 Å². The summed E-state index contributed by atoms with van der Waals surface area (Å²) in [6.07, 6.45) is 2.70. The molecule has 1 aromatic heterocycles. The van der Waals surface area contributed by atoms with E-state index in [9.17, 15) is 8.78 Å². The minimum atomic E-state index is -0.246. The first-order valence-corrected chi connectivity index (χ1v) is 10.9. The zero-order valence-electron chi connectivity index (χ0n) is 18.6. The lowest BCUT2D eigenvalue weighted by Crippen LogP contribution is -2.46. The maximum atomic E-state index is 13.4. The summed E-state index contributed by atoms with van der Waals surface area (Å²) in [4.78, 5) is 9.81. The van der Waals surface area contributed by atoms with Crippen molar-refractivity contribution in [3.05, 3.63) is 71.4 Å². The zero-order valence-corrected chi connectivity index (χ0v) is 20.9. The summed E-state index contributed by atoms with van der Waals surface area (Å²) in [5, 5.41) is 7.79. The highest BCUT2D eigenvalue weighted by atomic mass is 127. The Morgan fingerprint density at radius 3 is 2.55 bits per heavy atom. The first-order chi connectivity index (χ1) is 15.6. The van der Waals surface area contributed by atoms with Crippen LogP contribution in [0, 0.1) is 11.6 Å². The van der Waals surface area contributed by atoms with Gasteiger partial charge in [0, 0.05) is 50.3 Å². The lowest BCUT2D eigenvalue weighted by atomic mass is 10.0. The van der Waals surface area contributed by atoms with Crippen molar-refractivity contribution >= 4 is 40.8 Å². The Labute approximate surface area is 209 Å². The van der Waals surface area contributed by atoms with Gasteiger partial charge in [0.2, 0.25) is 0 Å². The van der Waals surface area contributed by atoms with Crippen molar-refractivity contribution in [3.8, 4) is 0 Å². The number of nitrogens with one attached hydrogen (secondary N) is 3. The van der Waals surface area contributed by atoms with E-state index in [1.54, 1.807) is 13.1 Å². The fourth-order valence-corrected chi connectivity index (χ4v) is 4.13. The Hall–Kier alpha value is -2.24. The molecule has 1 atom stereocenters. The normalized spacial score (nSPS) is 15.8. The van der Waals surface area contributed by atoms with Crippen LogP contribution in [0.15, 0.2) is 53.7 Å².